The maximum absolute atomic E-state index is 12.1. The molecule has 0 amide bonds. The van der Waals surface area contributed by atoms with Crippen LogP contribution in [-0.2, 0) is 15.6 Å². The fourth-order valence-corrected chi connectivity index (χ4v) is 4.07. The van der Waals surface area contributed by atoms with Crippen LogP contribution in [0.1, 0.15) is 26.0 Å². The van der Waals surface area contributed by atoms with Crippen LogP contribution >= 0.6 is 15.9 Å². The van der Waals surface area contributed by atoms with Crippen LogP contribution in [0.25, 0.3) is 11.0 Å². The van der Waals surface area contributed by atoms with Crippen molar-refractivity contribution in [2.45, 2.75) is 26.0 Å². The molecule has 0 N–H and O–H groups in total. The van der Waals surface area contributed by atoms with E-state index in [9.17, 15) is 8.42 Å². The number of sulfone groups is 1. The first-order valence-corrected chi connectivity index (χ1v) is 8.77. The average molecular weight is 346 g/mol. The number of nitrogens with zero attached hydrogens (tertiary/aromatic N) is 1. The molecule has 1 aromatic carbocycles. The lowest BCUT2D eigenvalue weighted by Crippen LogP contribution is -2.15. The van der Waals surface area contributed by atoms with E-state index < -0.39 is 9.84 Å². The Balaban J connectivity index is 2.26. The van der Waals surface area contributed by atoms with Gasteiger partial charge in [-0.15, -0.1) is 0 Å². The van der Waals surface area contributed by atoms with E-state index in [0.29, 0.717) is 11.3 Å². The minimum atomic E-state index is -3.15. The molecule has 6 heteroatoms. The molecule has 0 fully saturated rings. The van der Waals surface area contributed by atoms with Crippen molar-refractivity contribution in [2.75, 3.05) is 5.75 Å². The SMILES string of the molecule is CCC(C)CS(=O)(=O)Cc1noc2cc(Br)ccc12. The van der Waals surface area contributed by atoms with Gasteiger partial charge in [0.15, 0.2) is 15.4 Å². The average Bonchev–Trinajstić information content (AvgIpc) is 2.70. The largest absolute Gasteiger partial charge is 0.356 e. The van der Waals surface area contributed by atoms with E-state index >= 15 is 0 Å². The molecule has 19 heavy (non-hydrogen) atoms. The highest BCUT2D eigenvalue weighted by Gasteiger charge is 2.19. The Morgan fingerprint density at radius 2 is 2.16 bits per heavy atom. The number of fused-ring (bicyclic) bond motifs is 1. The first kappa shape index (κ1) is 14.5. The molecule has 104 valence electrons. The second kappa shape index (κ2) is 5.63. The van der Waals surface area contributed by atoms with E-state index in [2.05, 4.69) is 21.1 Å². The van der Waals surface area contributed by atoms with Crippen LogP contribution in [0.15, 0.2) is 27.2 Å². The zero-order valence-corrected chi connectivity index (χ0v) is 13.3. The standard InChI is InChI=1S/C13H16BrNO3S/c1-3-9(2)7-19(16,17)8-12-11-5-4-10(14)6-13(11)18-15-12/h4-6,9H,3,7-8H2,1-2H3. The molecule has 1 atom stereocenters. The normalized spacial score (nSPS) is 13.8. The van der Waals surface area contributed by atoms with E-state index in [-0.39, 0.29) is 17.4 Å². The molecule has 4 nitrogen and oxygen atoms in total. The van der Waals surface area contributed by atoms with Gasteiger partial charge in [-0.3, -0.25) is 0 Å². The lowest BCUT2D eigenvalue weighted by molar-refractivity contribution is 0.448. The predicted octanol–water partition coefficient (Wildman–Crippen LogP) is 3.55. The Labute approximate surface area is 121 Å². The molecule has 0 saturated carbocycles. The van der Waals surface area contributed by atoms with E-state index in [4.69, 9.17) is 4.52 Å². The molecule has 0 radical (unpaired) electrons. The van der Waals surface area contributed by atoms with Gasteiger partial charge in [-0.2, -0.15) is 0 Å². The van der Waals surface area contributed by atoms with Crippen LogP contribution in [-0.4, -0.2) is 19.3 Å². The fraction of sp³-hybridized carbons (Fsp3) is 0.462. The molecule has 1 heterocycles. The van der Waals surface area contributed by atoms with Crippen molar-refractivity contribution < 1.29 is 12.9 Å². The third kappa shape index (κ3) is 3.57. The van der Waals surface area contributed by atoms with Gasteiger partial charge in [-0.1, -0.05) is 41.4 Å². The zero-order chi connectivity index (χ0) is 14.0. The van der Waals surface area contributed by atoms with Crippen LogP contribution in [0.5, 0.6) is 0 Å². The predicted molar refractivity (Wildman–Crippen MR) is 78.7 cm³/mol. The van der Waals surface area contributed by atoms with Crippen molar-refractivity contribution in [1.82, 2.24) is 5.16 Å². The van der Waals surface area contributed by atoms with Crippen LogP contribution in [0.4, 0.5) is 0 Å². The molecule has 0 bridgehead atoms. The summed E-state index contributed by atoms with van der Waals surface area (Å²) in [6, 6.07) is 5.46. The van der Waals surface area contributed by atoms with Crippen LogP contribution in [0.3, 0.4) is 0 Å². The van der Waals surface area contributed by atoms with Gasteiger partial charge in [0.05, 0.1) is 11.5 Å². The maximum atomic E-state index is 12.1. The van der Waals surface area contributed by atoms with Crippen LogP contribution < -0.4 is 0 Å². The lowest BCUT2D eigenvalue weighted by Gasteiger charge is -2.08. The second-order valence-corrected chi connectivity index (χ2v) is 7.86. The quantitative estimate of drug-likeness (QED) is 0.831. The van der Waals surface area contributed by atoms with Crippen molar-refractivity contribution >= 4 is 36.7 Å². The highest BCUT2D eigenvalue weighted by Crippen LogP contribution is 2.24. The van der Waals surface area contributed by atoms with Gasteiger partial charge in [0.2, 0.25) is 0 Å². The summed E-state index contributed by atoms with van der Waals surface area (Å²) >= 11 is 3.34. The Morgan fingerprint density at radius 1 is 1.42 bits per heavy atom. The topological polar surface area (TPSA) is 60.2 Å². The van der Waals surface area contributed by atoms with Gasteiger partial charge < -0.3 is 4.52 Å². The molecular formula is C13H16BrNO3S. The van der Waals surface area contributed by atoms with Gasteiger partial charge >= 0.3 is 0 Å². The van der Waals surface area contributed by atoms with Gasteiger partial charge in [0.1, 0.15) is 5.69 Å². The van der Waals surface area contributed by atoms with Gasteiger partial charge in [-0.05, 0) is 24.1 Å². The maximum Gasteiger partial charge on any atom is 0.168 e. The van der Waals surface area contributed by atoms with Crippen LogP contribution in [0, 0.1) is 5.92 Å². The molecule has 1 unspecified atom stereocenters. The van der Waals surface area contributed by atoms with E-state index in [0.717, 1.165) is 16.3 Å². The van der Waals surface area contributed by atoms with Crippen molar-refractivity contribution in [3.63, 3.8) is 0 Å². The molecule has 0 aliphatic rings. The Bertz CT molecular complexity index is 678. The summed E-state index contributed by atoms with van der Waals surface area (Å²) in [7, 11) is -3.15. The number of aromatic nitrogens is 1. The number of hydrogen-bond acceptors (Lipinski definition) is 4. The van der Waals surface area contributed by atoms with Gasteiger partial charge in [-0.25, -0.2) is 8.42 Å². The Hall–Kier alpha value is -0.880. The van der Waals surface area contributed by atoms with Crippen molar-refractivity contribution in [2.24, 2.45) is 5.92 Å². The summed E-state index contributed by atoms with van der Waals surface area (Å²) in [5, 5.41) is 4.64. The summed E-state index contributed by atoms with van der Waals surface area (Å²) < 4.78 is 30.2. The van der Waals surface area contributed by atoms with E-state index in [1.165, 1.54) is 0 Å². The molecule has 0 spiro atoms. The van der Waals surface area contributed by atoms with E-state index in [1.54, 1.807) is 6.07 Å². The third-order valence-electron chi connectivity index (χ3n) is 3.10. The molecule has 0 aliphatic heterocycles. The molecule has 2 rings (SSSR count). The minimum absolute atomic E-state index is 0.0635. The summed E-state index contributed by atoms with van der Waals surface area (Å²) in [4.78, 5) is 0. The number of hydrogen-bond donors (Lipinski definition) is 0. The Morgan fingerprint density at radius 3 is 2.84 bits per heavy atom. The van der Waals surface area contributed by atoms with Crippen molar-refractivity contribution in [3.8, 4) is 0 Å². The summed E-state index contributed by atoms with van der Waals surface area (Å²) in [5.74, 6) is 0.290. The number of halogens is 1. The van der Waals surface area contributed by atoms with E-state index in [1.807, 2.05) is 26.0 Å². The molecule has 0 aliphatic carbocycles. The summed E-state index contributed by atoms with van der Waals surface area (Å²) in [6.45, 7) is 3.93. The number of rotatable bonds is 5. The first-order valence-electron chi connectivity index (χ1n) is 6.15. The highest BCUT2D eigenvalue weighted by molar-refractivity contribution is 9.10. The van der Waals surface area contributed by atoms with Gasteiger partial charge in [0, 0.05) is 9.86 Å². The van der Waals surface area contributed by atoms with Crippen LogP contribution in [0.2, 0.25) is 0 Å². The molecule has 2 aromatic rings. The molecule has 0 saturated heterocycles. The minimum Gasteiger partial charge on any atom is -0.356 e. The van der Waals surface area contributed by atoms with Crippen molar-refractivity contribution in [1.29, 1.82) is 0 Å². The zero-order valence-electron chi connectivity index (χ0n) is 10.9. The molecular weight excluding hydrogens is 330 g/mol. The summed E-state index contributed by atoms with van der Waals surface area (Å²) in [6.07, 6.45) is 0.853. The fourth-order valence-electron chi connectivity index (χ4n) is 1.89. The monoisotopic (exact) mass is 345 g/mol. The smallest absolute Gasteiger partial charge is 0.168 e. The van der Waals surface area contributed by atoms with Gasteiger partial charge in [0.25, 0.3) is 0 Å². The summed E-state index contributed by atoms with van der Waals surface area (Å²) in [5.41, 5.74) is 1.09. The highest BCUT2D eigenvalue weighted by atomic mass is 79.9. The second-order valence-electron chi connectivity index (χ2n) is 4.84. The molecule has 1 aromatic heterocycles. The lowest BCUT2D eigenvalue weighted by atomic mass is 10.2. The third-order valence-corrected chi connectivity index (χ3v) is 5.38. The number of benzene rings is 1. The first-order chi connectivity index (χ1) is 8.91. The van der Waals surface area contributed by atoms with Crippen molar-refractivity contribution in [3.05, 3.63) is 28.4 Å². The Kier molecular flexibility index (Phi) is 4.30.